The number of anilines is 1. The molecule has 0 N–H and O–H groups in total. The topological polar surface area (TPSA) is 56.7 Å². The molecule has 0 saturated carbocycles. The van der Waals surface area contributed by atoms with E-state index in [1.54, 1.807) is 14.2 Å². The third-order valence-corrected chi connectivity index (χ3v) is 5.03. The van der Waals surface area contributed by atoms with Crippen LogP contribution in [-0.4, -0.2) is 49.5 Å². The van der Waals surface area contributed by atoms with Crippen molar-refractivity contribution in [1.29, 1.82) is 0 Å². The van der Waals surface area contributed by atoms with E-state index in [0.29, 0.717) is 11.5 Å². The monoisotopic (exact) mass is 379 g/mol. The average Bonchev–Trinajstić information content (AvgIpc) is 2.71. The average molecular weight is 379 g/mol. The molecule has 28 heavy (non-hydrogen) atoms. The van der Waals surface area contributed by atoms with E-state index in [1.807, 2.05) is 30.6 Å². The van der Waals surface area contributed by atoms with Crippen molar-refractivity contribution in [3.8, 4) is 22.8 Å². The lowest BCUT2D eigenvalue weighted by atomic mass is 10.0. The molecule has 6 nitrogen and oxygen atoms in total. The second-order valence-corrected chi connectivity index (χ2v) is 7.16. The van der Waals surface area contributed by atoms with E-state index in [-0.39, 0.29) is 12.2 Å². The second kappa shape index (κ2) is 7.64. The first-order valence-electron chi connectivity index (χ1n) is 9.46. The first-order valence-corrected chi connectivity index (χ1v) is 9.46. The van der Waals surface area contributed by atoms with Crippen molar-refractivity contribution in [2.75, 3.05) is 32.2 Å². The van der Waals surface area contributed by atoms with Gasteiger partial charge in [-0.05, 0) is 49.6 Å². The molecule has 6 heteroatoms. The molecule has 2 unspecified atom stereocenters. The maximum Gasteiger partial charge on any atom is 0.161 e. The fourth-order valence-electron chi connectivity index (χ4n) is 3.81. The molecule has 0 spiro atoms. The van der Waals surface area contributed by atoms with E-state index < -0.39 is 0 Å². The van der Waals surface area contributed by atoms with Gasteiger partial charge in [-0.3, -0.25) is 4.98 Å². The molecule has 3 heterocycles. The predicted molar refractivity (Wildman–Crippen MR) is 110 cm³/mol. The summed E-state index contributed by atoms with van der Waals surface area (Å²) in [7, 11) is 3.28. The number of hydrogen-bond acceptors (Lipinski definition) is 6. The van der Waals surface area contributed by atoms with Crippen molar-refractivity contribution < 1.29 is 14.2 Å². The molecule has 0 radical (unpaired) electrons. The summed E-state index contributed by atoms with van der Waals surface area (Å²) in [6.45, 7) is 5.89. The Labute approximate surface area is 165 Å². The van der Waals surface area contributed by atoms with Crippen LogP contribution < -0.4 is 14.4 Å². The highest BCUT2D eigenvalue weighted by atomic mass is 16.5. The molecule has 0 bridgehead atoms. The molecule has 2 atom stereocenters. The summed E-state index contributed by atoms with van der Waals surface area (Å²) < 4.78 is 16.7. The van der Waals surface area contributed by atoms with E-state index in [9.17, 15) is 0 Å². The van der Waals surface area contributed by atoms with E-state index >= 15 is 0 Å². The molecule has 1 aliphatic rings. The fraction of sp³-hybridized carbons (Fsp3) is 0.364. The largest absolute Gasteiger partial charge is 0.493 e. The Balaban J connectivity index is 1.70. The van der Waals surface area contributed by atoms with Gasteiger partial charge in [-0.25, -0.2) is 4.98 Å². The number of pyridine rings is 2. The molecule has 1 aliphatic heterocycles. The Morgan fingerprint density at radius 2 is 1.68 bits per heavy atom. The van der Waals surface area contributed by atoms with Crippen molar-refractivity contribution in [2.45, 2.75) is 26.1 Å². The SMILES string of the molecule is COc1cc2ccnc(-c3ccc(N4CC(C)OC(C)C4)nc3)c2cc1OC. The van der Waals surface area contributed by atoms with Crippen LogP contribution in [0.15, 0.2) is 42.7 Å². The van der Waals surface area contributed by atoms with E-state index in [2.05, 4.69) is 35.9 Å². The van der Waals surface area contributed by atoms with Gasteiger partial charge < -0.3 is 19.1 Å². The Bertz CT molecular complexity index is 965. The van der Waals surface area contributed by atoms with Gasteiger partial charge in [-0.2, -0.15) is 0 Å². The maximum absolute atomic E-state index is 5.82. The lowest BCUT2D eigenvalue weighted by Gasteiger charge is -2.36. The fourth-order valence-corrected chi connectivity index (χ4v) is 3.81. The summed E-state index contributed by atoms with van der Waals surface area (Å²) >= 11 is 0. The summed E-state index contributed by atoms with van der Waals surface area (Å²) in [4.78, 5) is 11.6. The Hall–Kier alpha value is -2.86. The zero-order valence-corrected chi connectivity index (χ0v) is 16.7. The highest BCUT2D eigenvalue weighted by molar-refractivity contribution is 5.96. The lowest BCUT2D eigenvalue weighted by molar-refractivity contribution is -0.00545. The van der Waals surface area contributed by atoms with Crippen molar-refractivity contribution in [2.24, 2.45) is 0 Å². The van der Waals surface area contributed by atoms with E-state index in [1.165, 1.54) is 0 Å². The Kier molecular flexibility index (Phi) is 5.05. The number of aromatic nitrogens is 2. The van der Waals surface area contributed by atoms with E-state index in [4.69, 9.17) is 19.2 Å². The third-order valence-electron chi connectivity index (χ3n) is 5.03. The molecular weight excluding hydrogens is 354 g/mol. The first kappa shape index (κ1) is 18.5. The minimum Gasteiger partial charge on any atom is -0.493 e. The van der Waals surface area contributed by atoms with Gasteiger partial charge in [0, 0.05) is 36.4 Å². The van der Waals surface area contributed by atoms with Crippen LogP contribution in [0.5, 0.6) is 11.5 Å². The Morgan fingerprint density at radius 3 is 2.32 bits per heavy atom. The van der Waals surface area contributed by atoms with Crippen LogP contribution in [0.1, 0.15) is 13.8 Å². The zero-order chi connectivity index (χ0) is 19.7. The van der Waals surface area contributed by atoms with Crippen LogP contribution in [0.25, 0.3) is 22.0 Å². The molecule has 1 fully saturated rings. The summed E-state index contributed by atoms with van der Waals surface area (Å²) in [6, 6.07) is 10.0. The van der Waals surface area contributed by atoms with Crippen molar-refractivity contribution in [3.63, 3.8) is 0 Å². The number of fused-ring (bicyclic) bond motifs is 1. The van der Waals surface area contributed by atoms with Gasteiger partial charge in [0.1, 0.15) is 5.82 Å². The number of benzene rings is 1. The summed E-state index contributed by atoms with van der Waals surface area (Å²) in [5.74, 6) is 2.35. The van der Waals surface area contributed by atoms with Gasteiger partial charge >= 0.3 is 0 Å². The van der Waals surface area contributed by atoms with Crippen LogP contribution in [0, 0.1) is 0 Å². The molecule has 0 aliphatic carbocycles. The standard InChI is InChI=1S/C22H25N3O3/c1-14-12-25(13-15(2)28-14)21-6-5-17(11-24-21)22-18-10-20(27-4)19(26-3)9-16(18)7-8-23-22/h5-11,14-15H,12-13H2,1-4H3. The molecule has 1 aromatic carbocycles. The highest BCUT2D eigenvalue weighted by Gasteiger charge is 2.23. The number of nitrogens with zero attached hydrogens (tertiary/aromatic N) is 3. The number of rotatable bonds is 4. The minimum absolute atomic E-state index is 0.201. The molecule has 1 saturated heterocycles. The number of methoxy groups -OCH3 is 2. The van der Waals surface area contributed by atoms with Gasteiger partial charge in [0.15, 0.2) is 11.5 Å². The predicted octanol–water partition coefficient (Wildman–Crippen LogP) is 3.93. The molecule has 4 rings (SSSR count). The van der Waals surface area contributed by atoms with E-state index in [0.717, 1.165) is 40.9 Å². The molecule has 2 aromatic heterocycles. The van der Waals surface area contributed by atoms with Gasteiger partial charge in [-0.1, -0.05) is 0 Å². The van der Waals surface area contributed by atoms with Crippen LogP contribution >= 0.6 is 0 Å². The normalized spacial score (nSPS) is 19.6. The minimum atomic E-state index is 0.201. The zero-order valence-electron chi connectivity index (χ0n) is 16.7. The summed E-state index contributed by atoms with van der Waals surface area (Å²) in [6.07, 6.45) is 4.10. The molecule has 3 aromatic rings. The van der Waals surface area contributed by atoms with Crippen molar-refractivity contribution in [1.82, 2.24) is 9.97 Å². The number of morpholine rings is 1. The van der Waals surface area contributed by atoms with Crippen LogP contribution in [0.2, 0.25) is 0 Å². The van der Waals surface area contributed by atoms with Gasteiger partial charge in [0.25, 0.3) is 0 Å². The maximum atomic E-state index is 5.82. The van der Waals surface area contributed by atoms with Gasteiger partial charge in [0.2, 0.25) is 0 Å². The van der Waals surface area contributed by atoms with Gasteiger partial charge in [-0.15, -0.1) is 0 Å². The quantitative estimate of drug-likeness (QED) is 0.685. The van der Waals surface area contributed by atoms with Crippen molar-refractivity contribution in [3.05, 3.63) is 42.7 Å². The van der Waals surface area contributed by atoms with Gasteiger partial charge in [0.05, 0.1) is 32.1 Å². The molecule has 146 valence electrons. The third kappa shape index (κ3) is 3.47. The summed E-state index contributed by atoms with van der Waals surface area (Å²) in [5.41, 5.74) is 1.84. The van der Waals surface area contributed by atoms with Crippen molar-refractivity contribution >= 4 is 16.6 Å². The smallest absolute Gasteiger partial charge is 0.161 e. The van der Waals surface area contributed by atoms with Crippen LogP contribution in [-0.2, 0) is 4.74 Å². The Morgan fingerprint density at radius 1 is 0.964 bits per heavy atom. The van der Waals surface area contributed by atoms with Crippen LogP contribution in [0.4, 0.5) is 5.82 Å². The van der Waals surface area contributed by atoms with Crippen LogP contribution in [0.3, 0.4) is 0 Å². The summed E-state index contributed by atoms with van der Waals surface area (Å²) in [5, 5.41) is 2.05. The first-order chi connectivity index (χ1) is 13.6. The lowest BCUT2D eigenvalue weighted by Crippen LogP contribution is -2.45. The number of hydrogen-bond donors (Lipinski definition) is 0. The second-order valence-electron chi connectivity index (χ2n) is 7.16. The molecular formula is C22H25N3O3. The highest BCUT2D eigenvalue weighted by Crippen LogP contribution is 2.36. The molecule has 0 amide bonds. The number of ether oxygens (including phenoxy) is 3.